The normalized spacial score (nSPS) is 29.0. The van der Waals surface area contributed by atoms with Crippen molar-refractivity contribution in [3.05, 3.63) is 32.6 Å². The second kappa shape index (κ2) is 6.45. The molecule has 4 unspecified atom stereocenters. The van der Waals surface area contributed by atoms with Crippen molar-refractivity contribution in [3.63, 3.8) is 0 Å². The van der Waals surface area contributed by atoms with Crippen LogP contribution in [0.3, 0.4) is 0 Å². The Labute approximate surface area is 133 Å². The van der Waals surface area contributed by atoms with Crippen LogP contribution in [0.2, 0.25) is 0 Å². The van der Waals surface area contributed by atoms with Crippen LogP contribution >= 0.6 is 28.6 Å². The van der Waals surface area contributed by atoms with Gasteiger partial charge in [0.2, 0.25) is 0 Å². The number of ether oxygens (including phenoxy) is 1. The molecule has 12 heteroatoms. The number of nitrogens with zero attached hydrogens (tertiary/aromatic N) is 1. The summed E-state index contributed by atoms with van der Waals surface area (Å²) in [5.41, 5.74) is -1.36. The van der Waals surface area contributed by atoms with E-state index in [4.69, 9.17) is 27.2 Å². The zero-order valence-electron chi connectivity index (χ0n) is 11.2. The average Bonchev–Trinajstić information content (AvgIpc) is 2.70. The summed E-state index contributed by atoms with van der Waals surface area (Å²) < 4.78 is 21.8. The van der Waals surface area contributed by atoms with Crippen molar-refractivity contribution >= 4 is 28.6 Å². The molecule has 124 valence electrons. The van der Waals surface area contributed by atoms with Crippen molar-refractivity contribution in [1.29, 1.82) is 0 Å². The van der Waals surface area contributed by atoms with Gasteiger partial charge in [0, 0.05) is 13.2 Å². The molecule has 22 heavy (non-hydrogen) atoms. The van der Waals surface area contributed by atoms with Gasteiger partial charge in [0.15, 0.2) is 0 Å². The fraction of sp³-hybridized carbons (Fsp3) is 0.600. The van der Waals surface area contributed by atoms with E-state index >= 15 is 0 Å². The molecule has 1 saturated heterocycles. The number of aliphatic hydroxyl groups excluding tert-OH is 2. The third-order valence-electron chi connectivity index (χ3n) is 3.27. The second-order valence-corrected chi connectivity index (χ2v) is 8.98. The molecule has 9 nitrogen and oxygen atoms in total. The Morgan fingerprint density at radius 2 is 2.05 bits per heavy atom. The highest BCUT2D eigenvalue weighted by molar-refractivity contribution is 8.05. The van der Waals surface area contributed by atoms with Gasteiger partial charge in [0.1, 0.15) is 24.4 Å². The lowest BCUT2D eigenvalue weighted by Crippen LogP contribution is -2.37. The van der Waals surface area contributed by atoms with Crippen LogP contribution < -0.4 is 11.2 Å². The Hall–Kier alpha value is -0.670. The number of hydrogen-bond acceptors (Lipinski definition) is 7. The Bertz CT molecular complexity index is 714. The summed E-state index contributed by atoms with van der Waals surface area (Å²) in [6.45, 7) is -0.442. The fourth-order valence-electron chi connectivity index (χ4n) is 2.09. The maximum Gasteiger partial charge on any atom is 0.380 e. The van der Waals surface area contributed by atoms with Gasteiger partial charge in [0.05, 0.1) is 12.2 Å². The molecule has 0 bridgehead atoms. The van der Waals surface area contributed by atoms with Crippen LogP contribution in [0.25, 0.3) is 0 Å². The van der Waals surface area contributed by atoms with E-state index in [1.54, 1.807) is 0 Å². The van der Waals surface area contributed by atoms with E-state index in [2.05, 4.69) is 9.51 Å². The van der Waals surface area contributed by atoms with Crippen molar-refractivity contribution in [2.24, 2.45) is 7.05 Å². The van der Waals surface area contributed by atoms with Crippen molar-refractivity contribution in [2.45, 2.75) is 24.4 Å². The Morgan fingerprint density at radius 1 is 1.41 bits per heavy atom. The number of hydrogen-bond donors (Lipinski definition) is 3. The van der Waals surface area contributed by atoms with E-state index in [0.717, 1.165) is 10.8 Å². The van der Waals surface area contributed by atoms with Gasteiger partial charge >= 0.3 is 11.8 Å². The second-order valence-electron chi connectivity index (χ2n) is 4.70. The van der Waals surface area contributed by atoms with E-state index in [1.807, 2.05) is 0 Å². The van der Waals surface area contributed by atoms with Crippen LogP contribution in [-0.2, 0) is 20.9 Å². The minimum Gasteiger partial charge on any atom is -0.387 e. The van der Waals surface area contributed by atoms with Crippen molar-refractivity contribution < 1.29 is 24.0 Å². The smallest absolute Gasteiger partial charge is 0.380 e. The molecular weight excluding hydrogens is 362 g/mol. The Kier molecular flexibility index (Phi) is 5.18. The fourth-order valence-corrected chi connectivity index (χ4v) is 2.75. The number of halogens is 2. The van der Waals surface area contributed by atoms with Crippen LogP contribution in [-0.4, -0.2) is 44.7 Å². The molecular formula is C10H13Cl2N2O7P. The van der Waals surface area contributed by atoms with Gasteiger partial charge in [-0.25, -0.2) is 4.79 Å². The molecule has 2 heterocycles. The highest BCUT2D eigenvalue weighted by Crippen LogP contribution is 2.57. The molecule has 1 aliphatic heterocycles. The van der Waals surface area contributed by atoms with E-state index < -0.39 is 48.3 Å². The number of nitrogens with one attached hydrogen (secondary N) is 1. The standard InChI is InChI=1S/C10H13Cl2N2O7P/c1-14-9(17)4(2-13-10(14)18)8-7(16)6(15)5(21-8)3-20-22(11,12)19/h2,5-8,15-16H,3H2,1H3,(H,13,18). The van der Waals surface area contributed by atoms with Gasteiger partial charge in [-0.1, -0.05) is 0 Å². The first kappa shape index (κ1) is 17.7. The molecule has 0 spiro atoms. The van der Waals surface area contributed by atoms with Crippen LogP contribution in [0.5, 0.6) is 0 Å². The van der Waals surface area contributed by atoms with Gasteiger partial charge < -0.3 is 24.5 Å². The number of H-pyrrole nitrogens is 1. The zero-order valence-corrected chi connectivity index (χ0v) is 13.6. The number of aliphatic hydroxyl groups is 2. The molecule has 4 atom stereocenters. The predicted molar refractivity (Wildman–Crippen MR) is 77.2 cm³/mol. The lowest BCUT2D eigenvalue weighted by molar-refractivity contribution is -0.0159. The van der Waals surface area contributed by atoms with Gasteiger partial charge in [-0.2, -0.15) is 0 Å². The number of aromatic nitrogens is 2. The van der Waals surface area contributed by atoms with Crippen LogP contribution in [0.1, 0.15) is 11.7 Å². The van der Waals surface area contributed by atoms with E-state index in [-0.39, 0.29) is 5.56 Å². The molecule has 1 aliphatic rings. The molecule has 3 N–H and O–H groups in total. The van der Waals surface area contributed by atoms with Crippen molar-refractivity contribution in [1.82, 2.24) is 9.55 Å². The van der Waals surface area contributed by atoms with Gasteiger partial charge in [0.25, 0.3) is 5.56 Å². The third-order valence-corrected chi connectivity index (χ3v) is 4.30. The van der Waals surface area contributed by atoms with Crippen LogP contribution in [0.4, 0.5) is 0 Å². The monoisotopic (exact) mass is 374 g/mol. The number of aromatic amines is 1. The van der Waals surface area contributed by atoms with Crippen molar-refractivity contribution in [2.75, 3.05) is 6.61 Å². The first-order chi connectivity index (χ1) is 10.1. The highest BCUT2D eigenvalue weighted by atomic mass is 35.9. The van der Waals surface area contributed by atoms with Gasteiger partial charge in [-0.05, 0) is 22.5 Å². The summed E-state index contributed by atoms with van der Waals surface area (Å²) in [6, 6.07) is 0. The third kappa shape index (κ3) is 3.62. The zero-order chi connectivity index (χ0) is 16.7. The lowest BCUT2D eigenvalue weighted by Gasteiger charge is -2.14. The maximum atomic E-state index is 12.0. The predicted octanol–water partition coefficient (Wildman–Crippen LogP) is -0.162. The van der Waals surface area contributed by atoms with Gasteiger partial charge in [-0.15, -0.1) is 0 Å². The summed E-state index contributed by atoms with van der Waals surface area (Å²) in [6.07, 6.45) is -7.87. The quantitative estimate of drug-likeness (QED) is 0.623. The van der Waals surface area contributed by atoms with Gasteiger partial charge in [-0.3, -0.25) is 13.9 Å². The Balaban J connectivity index is 2.24. The van der Waals surface area contributed by atoms with E-state index in [9.17, 15) is 24.4 Å². The lowest BCUT2D eigenvalue weighted by atomic mass is 10.0. The van der Waals surface area contributed by atoms with E-state index in [0.29, 0.717) is 0 Å². The first-order valence-electron chi connectivity index (χ1n) is 6.06. The first-order valence-corrected chi connectivity index (χ1v) is 9.49. The highest BCUT2D eigenvalue weighted by Gasteiger charge is 2.45. The molecule has 0 saturated carbocycles. The van der Waals surface area contributed by atoms with Crippen LogP contribution in [0, 0.1) is 0 Å². The summed E-state index contributed by atoms with van der Waals surface area (Å²) >= 11 is 10.4. The maximum absolute atomic E-state index is 12.0. The SMILES string of the molecule is Cn1c(=O)[nH]cc(C2OC(COP(=O)(Cl)Cl)C(O)C2O)c1=O. The molecule has 0 amide bonds. The van der Waals surface area contributed by atoms with Crippen molar-refractivity contribution in [3.8, 4) is 0 Å². The molecule has 0 radical (unpaired) electrons. The summed E-state index contributed by atoms with van der Waals surface area (Å²) in [7, 11) is 1.25. The Morgan fingerprint density at radius 3 is 2.64 bits per heavy atom. The molecule has 0 aromatic carbocycles. The molecule has 0 aliphatic carbocycles. The molecule has 1 aromatic rings. The average molecular weight is 375 g/mol. The minimum absolute atomic E-state index is 0.0453. The molecule has 1 aromatic heterocycles. The minimum atomic E-state index is -3.82. The summed E-state index contributed by atoms with van der Waals surface area (Å²) in [5, 5.41) is 19.9. The molecule has 1 fully saturated rings. The van der Waals surface area contributed by atoms with Crippen LogP contribution in [0.15, 0.2) is 15.8 Å². The van der Waals surface area contributed by atoms with E-state index in [1.165, 1.54) is 7.05 Å². The largest absolute Gasteiger partial charge is 0.387 e. The summed E-state index contributed by atoms with van der Waals surface area (Å²) in [4.78, 5) is 25.6. The number of rotatable bonds is 4. The summed E-state index contributed by atoms with van der Waals surface area (Å²) in [5.74, 6) is 0. The topological polar surface area (TPSA) is 131 Å². The molecule has 2 rings (SSSR count).